The quantitative estimate of drug-likeness (QED) is 0.415. The Morgan fingerprint density at radius 3 is 2.96 bits per heavy atom. The lowest BCUT2D eigenvalue weighted by Gasteiger charge is -2.13. The summed E-state index contributed by atoms with van der Waals surface area (Å²) in [7, 11) is 0. The number of guanidine groups is 1. The Hall–Kier alpha value is -1.18. The van der Waals surface area contributed by atoms with E-state index < -0.39 is 6.10 Å². The van der Waals surface area contributed by atoms with Gasteiger partial charge in [-0.1, -0.05) is 6.92 Å². The number of nitrogens with one attached hydrogen (secondary N) is 2. The fraction of sp³-hybridized carbons (Fsp3) is 0.765. The number of thiazole rings is 1. The Labute approximate surface area is 148 Å². The van der Waals surface area contributed by atoms with Crippen molar-refractivity contribution in [2.24, 2.45) is 10.9 Å². The van der Waals surface area contributed by atoms with E-state index in [0.29, 0.717) is 13.2 Å². The van der Waals surface area contributed by atoms with E-state index >= 15 is 0 Å². The van der Waals surface area contributed by atoms with Crippen molar-refractivity contribution in [3.63, 3.8) is 0 Å². The van der Waals surface area contributed by atoms with Crippen LogP contribution in [0.15, 0.2) is 11.2 Å². The second-order valence-electron chi connectivity index (χ2n) is 6.10. The molecule has 0 aliphatic heterocycles. The summed E-state index contributed by atoms with van der Waals surface area (Å²) in [4.78, 5) is 10.2. The third kappa shape index (κ3) is 7.59. The smallest absolute Gasteiger partial charge is 0.191 e. The molecule has 1 fully saturated rings. The van der Waals surface area contributed by atoms with Crippen LogP contribution in [0.3, 0.4) is 0 Å². The Kier molecular flexibility index (Phi) is 8.49. The third-order valence-corrected chi connectivity index (χ3v) is 4.95. The molecule has 3 N–H and O–H groups in total. The van der Waals surface area contributed by atoms with E-state index in [9.17, 15) is 5.11 Å². The molecule has 0 bridgehead atoms. The van der Waals surface area contributed by atoms with Crippen molar-refractivity contribution in [3.05, 3.63) is 16.1 Å². The van der Waals surface area contributed by atoms with Crippen molar-refractivity contribution in [3.8, 4) is 0 Å². The fourth-order valence-corrected chi connectivity index (χ4v) is 3.02. The number of hydrogen-bond donors (Lipinski definition) is 3. The van der Waals surface area contributed by atoms with Crippen LogP contribution in [-0.4, -0.2) is 55.0 Å². The van der Waals surface area contributed by atoms with Gasteiger partial charge in [0.15, 0.2) is 5.96 Å². The molecule has 1 atom stereocenters. The maximum atomic E-state index is 9.94. The van der Waals surface area contributed by atoms with E-state index in [0.717, 1.165) is 49.4 Å². The monoisotopic (exact) mass is 354 g/mol. The molecule has 2 rings (SSSR count). The predicted octanol–water partition coefficient (Wildman–Crippen LogP) is 1.59. The summed E-state index contributed by atoms with van der Waals surface area (Å²) in [5.74, 6) is 1.45. The number of rotatable bonds is 11. The van der Waals surface area contributed by atoms with Crippen molar-refractivity contribution in [1.82, 2.24) is 15.6 Å². The first-order valence-electron chi connectivity index (χ1n) is 8.92. The number of aliphatic imine (C=N–C) groups is 1. The minimum absolute atomic E-state index is 0.344. The van der Waals surface area contributed by atoms with E-state index in [-0.39, 0.29) is 0 Å². The van der Waals surface area contributed by atoms with Crippen LogP contribution < -0.4 is 10.6 Å². The number of hydrogen-bond acceptors (Lipinski definition) is 5. The Bertz CT molecular complexity index is 503. The molecule has 136 valence electrons. The van der Waals surface area contributed by atoms with Crippen molar-refractivity contribution in [2.45, 2.75) is 45.6 Å². The molecule has 1 aromatic rings. The zero-order chi connectivity index (χ0) is 17.2. The molecule has 6 nitrogen and oxygen atoms in total. The van der Waals surface area contributed by atoms with E-state index in [2.05, 4.69) is 27.5 Å². The topological polar surface area (TPSA) is 78.8 Å². The number of aliphatic hydroxyl groups excluding tert-OH is 1. The van der Waals surface area contributed by atoms with Gasteiger partial charge in [-0.2, -0.15) is 0 Å². The van der Waals surface area contributed by atoms with Crippen LogP contribution in [0.5, 0.6) is 0 Å². The van der Waals surface area contributed by atoms with Gasteiger partial charge in [0, 0.05) is 37.2 Å². The number of ether oxygens (including phenoxy) is 1. The minimum Gasteiger partial charge on any atom is -0.389 e. The van der Waals surface area contributed by atoms with Gasteiger partial charge in [-0.3, -0.25) is 4.99 Å². The summed E-state index contributed by atoms with van der Waals surface area (Å²) < 4.78 is 5.50. The zero-order valence-corrected chi connectivity index (χ0v) is 15.6. The average Bonchev–Trinajstić information content (AvgIpc) is 3.29. The highest BCUT2D eigenvalue weighted by atomic mass is 32.1. The Morgan fingerprint density at radius 2 is 2.29 bits per heavy atom. The lowest BCUT2D eigenvalue weighted by molar-refractivity contribution is 0.0368. The molecule has 7 heteroatoms. The number of nitrogens with zero attached hydrogens (tertiary/aromatic N) is 2. The highest BCUT2D eigenvalue weighted by Gasteiger charge is 2.21. The van der Waals surface area contributed by atoms with E-state index in [1.807, 2.05) is 13.1 Å². The van der Waals surface area contributed by atoms with Gasteiger partial charge in [0.05, 0.1) is 24.3 Å². The zero-order valence-electron chi connectivity index (χ0n) is 14.8. The molecule has 1 heterocycles. The van der Waals surface area contributed by atoms with Gasteiger partial charge in [-0.05, 0) is 32.1 Å². The molecule has 1 aliphatic carbocycles. The highest BCUT2D eigenvalue weighted by Crippen LogP contribution is 2.28. The SMILES string of the molecule is CCNC(=NCC(O)COCC1CC1)NCCc1ncc(CC)s1. The van der Waals surface area contributed by atoms with E-state index in [1.165, 1.54) is 17.7 Å². The number of aromatic nitrogens is 1. The van der Waals surface area contributed by atoms with Gasteiger partial charge in [0.1, 0.15) is 0 Å². The molecule has 0 aromatic carbocycles. The Morgan fingerprint density at radius 1 is 1.46 bits per heavy atom. The molecular weight excluding hydrogens is 324 g/mol. The second kappa shape index (κ2) is 10.6. The lowest BCUT2D eigenvalue weighted by Crippen LogP contribution is -2.39. The number of aryl methyl sites for hydroxylation is 1. The summed E-state index contributed by atoms with van der Waals surface area (Å²) in [6.07, 6.45) is 5.85. The predicted molar refractivity (Wildman–Crippen MR) is 98.7 cm³/mol. The van der Waals surface area contributed by atoms with Gasteiger partial charge in [-0.15, -0.1) is 11.3 Å². The van der Waals surface area contributed by atoms with Crippen molar-refractivity contribution in [1.29, 1.82) is 0 Å². The molecule has 0 radical (unpaired) electrons. The van der Waals surface area contributed by atoms with Gasteiger partial charge < -0.3 is 20.5 Å². The van der Waals surface area contributed by atoms with Crippen molar-refractivity contribution >= 4 is 17.3 Å². The average molecular weight is 355 g/mol. The summed E-state index contributed by atoms with van der Waals surface area (Å²) >= 11 is 1.76. The summed E-state index contributed by atoms with van der Waals surface area (Å²) in [5.41, 5.74) is 0. The normalized spacial score (nSPS) is 16.2. The summed E-state index contributed by atoms with van der Waals surface area (Å²) in [5, 5.41) is 17.6. The molecule has 0 saturated heterocycles. The van der Waals surface area contributed by atoms with Crippen molar-refractivity contribution < 1.29 is 9.84 Å². The van der Waals surface area contributed by atoms with Crippen LogP contribution >= 0.6 is 11.3 Å². The van der Waals surface area contributed by atoms with Gasteiger partial charge in [0.25, 0.3) is 0 Å². The Balaban J connectivity index is 1.66. The van der Waals surface area contributed by atoms with Crippen LogP contribution in [0.1, 0.15) is 36.6 Å². The third-order valence-electron chi connectivity index (χ3n) is 3.75. The van der Waals surface area contributed by atoms with E-state index in [4.69, 9.17) is 4.74 Å². The van der Waals surface area contributed by atoms with Crippen LogP contribution in [-0.2, 0) is 17.6 Å². The first-order valence-corrected chi connectivity index (χ1v) is 9.74. The van der Waals surface area contributed by atoms with E-state index in [1.54, 1.807) is 11.3 Å². The maximum Gasteiger partial charge on any atom is 0.191 e. The van der Waals surface area contributed by atoms with Crippen molar-refractivity contribution in [2.75, 3.05) is 32.8 Å². The molecular formula is C17H30N4O2S. The van der Waals surface area contributed by atoms with Crippen LogP contribution in [0.25, 0.3) is 0 Å². The number of aliphatic hydroxyl groups is 1. The molecule has 1 aliphatic rings. The second-order valence-corrected chi connectivity index (χ2v) is 7.30. The van der Waals surface area contributed by atoms with Crippen LogP contribution in [0.4, 0.5) is 0 Å². The first-order chi connectivity index (χ1) is 11.7. The molecule has 1 unspecified atom stereocenters. The largest absolute Gasteiger partial charge is 0.389 e. The standard InChI is InChI=1S/C17H30N4O2S/c1-3-15-10-20-16(24-15)7-8-19-17(18-4-2)21-9-14(22)12-23-11-13-5-6-13/h10,13-14,22H,3-9,11-12H2,1-2H3,(H2,18,19,21). The van der Waals surface area contributed by atoms with Gasteiger partial charge in [-0.25, -0.2) is 4.98 Å². The lowest BCUT2D eigenvalue weighted by atomic mass is 10.4. The van der Waals surface area contributed by atoms with Gasteiger partial charge in [0.2, 0.25) is 0 Å². The minimum atomic E-state index is -0.551. The summed E-state index contributed by atoms with van der Waals surface area (Å²) in [6, 6.07) is 0. The van der Waals surface area contributed by atoms with Crippen LogP contribution in [0, 0.1) is 5.92 Å². The fourth-order valence-electron chi connectivity index (χ4n) is 2.16. The first kappa shape index (κ1) is 19.1. The molecule has 0 amide bonds. The van der Waals surface area contributed by atoms with Gasteiger partial charge >= 0.3 is 0 Å². The molecule has 24 heavy (non-hydrogen) atoms. The maximum absolute atomic E-state index is 9.94. The summed E-state index contributed by atoms with van der Waals surface area (Å²) in [6.45, 7) is 7.21. The molecule has 1 aromatic heterocycles. The molecule has 1 saturated carbocycles. The van der Waals surface area contributed by atoms with Crippen LogP contribution in [0.2, 0.25) is 0 Å². The molecule has 0 spiro atoms. The highest BCUT2D eigenvalue weighted by molar-refractivity contribution is 7.11.